The van der Waals surface area contributed by atoms with Crippen molar-refractivity contribution in [2.45, 2.75) is 11.8 Å². The third-order valence-electron chi connectivity index (χ3n) is 3.72. The molecule has 116 valence electrons. The molecule has 0 radical (unpaired) electrons. The van der Waals surface area contributed by atoms with Gasteiger partial charge in [-0.15, -0.1) is 0 Å². The Morgan fingerprint density at radius 2 is 1.87 bits per heavy atom. The van der Waals surface area contributed by atoms with Crippen LogP contribution in [0.15, 0.2) is 58.5 Å². The second kappa shape index (κ2) is 5.45. The molecule has 0 atom stereocenters. The number of nitriles is 1. The minimum absolute atomic E-state index is 0.134. The van der Waals surface area contributed by atoms with Gasteiger partial charge in [-0.1, -0.05) is 12.1 Å². The molecule has 1 aliphatic rings. The lowest BCUT2D eigenvalue weighted by Crippen LogP contribution is -2.21. The van der Waals surface area contributed by atoms with Crippen LogP contribution in [-0.4, -0.2) is 15.5 Å². The summed E-state index contributed by atoms with van der Waals surface area (Å²) in [6.45, 7) is 1.91. The van der Waals surface area contributed by atoms with Gasteiger partial charge in [0.05, 0.1) is 17.7 Å². The molecule has 0 fully saturated rings. The zero-order valence-electron chi connectivity index (χ0n) is 12.6. The van der Waals surface area contributed by atoms with E-state index in [0.717, 1.165) is 11.3 Å². The first-order valence-corrected chi connectivity index (χ1v) is 8.37. The summed E-state index contributed by atoms with van der Waals surface area (Å²) in [5.41, 5.74) is 2.23. The maximum absolute atomic E-state index is 12.5. The number of hydrogen-bond donors (Lipinski definition) is 0. The lowest BCUT2D eigenvalue weighted by molar-refractivity contribution is 0.414. The van der Waals surface area contributed by atoms with E-state index in [1.54, 1.807) is 42.3 Å². The van der Waals surface area contributed by atoms with E-state index in [9.17, 15) is 13.7 Å². The van der Waals surface area contributed by atoms with Crippen molar-refractivity contribution >= 4 is 21.2 Å². The molecule has 0 bridgehead atoms. The number of allylic oxidation sites excluding steroid dienone is 1. The fourth-order valence-corrected chi connectivity index (χ4v) is 3.87. The van der Waals surface area contributed by atoms with Crippen LogP contribution in [0.1, 0.15) is 5.56 Å². The Balaban J connectivity index is 2.26. The van der Waals surface area contributed by atoms with Crippen molar-refractivity contribution in [2.75, 3.05) is 12.0 Å². The molecule has 1 heterocycles. The number of anilines is 2. The van der Waals surface area contributed by atoms with E-state index < -0.39 is 9.84 Å². The summed E-state index contributed by atoms with van der Waals surface area (Å²) in [6.07, 6.45) is 1.37. The van der Waals surface area contributed by atoms with Crippen LogP contribution in [0.5, 0.6) is 5.75 Å². The predicted octanol–water partition coefficient (Wildman–Crippen LogP) is 3.29. The number of rotatable bonds is 2. The van der Waals surface area contributed by atoms with E-state index in [4.69, 9.17) is 4.74 Å². The Morgan fingerprint density at radius 3 is 2.52 bits per heavy atom. The molecule has 0 unspecified atom stereocenters. The number of methoxy groups -OCH3 is 1. The van der Waals surface area contributed by atoms with E-state index in [1.165, 1.54) is 12.3 Å². The summed E-state index contributed by atoms with van der Waals surface area (Å²) in [4.78, 5) is 1.59. The van der Waals surface area contributed by atoms with Gasteiger partial charge < -0.3 is 9.64 Å². The number of aryl methyl sites for hydroxylation is 1. The summed E-state index contributed by atoms with van der Waals surface area (Å²) >= 11 is 0. The molecule has 0 saturated heterocycles. The molecule has 1 aliphatic heterocycles. The van der Waals surface area contributed by atoms with Crippen LogP contribution < -0.4 is 9.64 Å². The Hall–Kier alpha value is -2.78. The van der Waals surface area contributed by atoms with Gasteiger partial charge in [-0.05, 0) is 42.8 Å². The van der Waals surface area contributed by atoms with Crippen LogP contribution in [0, 0.1) is 18.3 Å². The van der Waals surface area contributed by atoms with E-state index >= 15 is 0 Å². The van der Waals surface area contributed by atoms with Gasteiger partial charge in [-0.25, -0.2) is 8.42 Å². The number of nitrogens with zero attached hydrogens (tertiary/aromatic N) is 2. The number of fused-ring (bicyclic) bond motifs is 1. The lowest BCUT2D eigenvalue weighted by atomic mass is 10.1. The largest absolute Gasteiger partial charge is 0.497 e. The van der Waals surface area contributed by atoms with Crippen LogP contribution in [0.2, 0.25) is 0 Å². The fourth-order valence-electron chi connectivity index (χ4n) is 2.57. The lowest BCUT2D eigenvalue weighted by Gasteiger charge is -2.28. The zero-order chi connectivity index (χ0) is 16.6. The minimum Gasteiger partial charge on any atom is -0.497 e. The second-order valence-corrected chi connectivity index (χ2v) is 6.99. The molecule has 3 rings (SSSR count). The van der Waals surface area contributed by atoms with E-state index in [2.05, 4.69) is 0 Å². The Labute approximate surface area is 135 Å². The van der Waals surface area contributed by atoms with E-state index in [1.807, 2.05) is 19.1 Å². The third kappa shape index (κ3) is 2.35. The normalized spacial score (nSPS) is 15.3. The summed E-state index contributed by atoms with van der Waals surface area (Å²) in [6, 6.07) is 13.9. The van der Waals surface area contributed by atoms with Crippen molar-refractivity contribution in [3.05, 3.63) is 59.1 Å². The van der Waals surface area contributed by atoms with Crippen LogP contribution in [0.4, 0.5) is 11.4 Å². The van der Waals surface area contributed by atoms with Gasteiger partial charge >= 0.3 is 0 Å². The third-order valence-corrected chi connectivity index (χ3v) is 5.42. The van der Waals surface area contributed by atoms with Crippen LogP contribution in [-0.2, 0) is 9.84 Å². The van der Waals surface area contributed by atoms with Crippen LogP contribution in [0.3, 0.4) is 0 Å². The summed E-state index contributed by atoms with van der Waals surface area (Å²) in [7, 11) is -2.18. The van der Waals surface area contributed by atoms with Crippen molar-refractivity contribution in [1.29, 1.82) is 5.26 Å². The molecule has 2 aromatic carbocycles. The summed E-state index contributed by atoms with van der Waals surface area (Å²) in [5.74, 6) is 0.716. The highest BCUT2D eigenvalue weighted by atomic mass is 32.2. The van der Waals surface area contributed by atoms with Crippen LogP contribution in [0.25, 0.3) is 0 Å². The highest BCUT2D eigenvalue weighted by Crippen LogP contribution is 2.40. The summed E-state index contributed by atoms with van der Waals surface area (Å²) < 4.78 is 30.1. The molecule has 5 nitrogen and oxygen atoms in total. The monoisotopic (exact) mass is 326 g/mol. The van der Waals surface area contributed by atoms with Gasteiger partial charge in [-0.2, -0.15) is 5.26 Å². The number of hydrogen-bond acceptors (Lipinski definition) is 5. The van der Waals surface area contributed by atoms with Gasteiger partial charge in [0.25, 0.3) is 0 Å². The van der Waals surface area contributed by atoms with Crippen LogP contribution >= 0.6 is 0 Å². The quantitative estimate of drug-likeness (QED) is 0.847. The Bertz CT molecular complexity index is 956. The van der Waals surface area contributed by atoms with Crippen molar-refractivity contribution < 1.29 is 13.2 Å². The molecular formula is C17H14N2O3S. The first kappa shape index (κ1) is 15.1. The maximum atomic E-state index is 12.5. The molecule has 23 heavy (non-hydrogen) atoms. The highest BCUT2D eigenvalue weighted by Gasteiger charge is 2.32. The van der Waals surface area contributed by atoms with Crippen molar-refractivity contribution in [3.8, 4) is 11.8 Å². The van der Waals surface area contributed by atoms with Gasteiger partial charge in [0.2, 0.25) is 9.84 Å². The molecule has 6 heteroatoms. The second-order valence-electron chi connectivity index (χ2n) is 5.10. The van der Waals surface area contributed by atoms with Crippen molar-refractivity contribution in [3.63, 3.8) is 0 Å². The van der Waals surface area contributed by atoms with Crippen molar-refractivity contribution in [1.82, 2.24) is 0 Å². The Kier molecular flexibility index (Phi) is 3.58. The minimum atomic E-state index is -3.77. The molecule has 2 aromatic rings. The maximum Gasteiger partial charge on any atom is 0.220 e. The van der Waals surface area contributed by atoms with E-state index in [0.29, 0.717) is 11.4 Å². The summed E-state index contributed by atoms with van der Waals surface area (Å²) in [5, 5.41) is 9.22. The molecule has 0 saturated carbocycles. The molecule has 0 N–H and O–H groups in total. The molecular weight excluding hydrogens is 312 g/mol. The molecule has 0 aromatic heterocycles. The first-order valence-electron chi connectivity index (χ1n) is 6.89. The van der Waals surface area contributed by atoms with Gasteiger partial charge in [0.15, 0.2) is 4.91 Å². The smallest absolute Gasteiger partial charge is 0.220 e. The average molecular weight is 326 g/mol. The Morgan fingerprint density at radius 1 is 1.13 bits per heavy atom. The standard InChI is InChI=1S/C17H14N2O3S/c1-12-9-13(22-2)7-8-15(12)19-11-14(10-18)23(20,21)17-6-4-3-5-16(17)19/h3-9,11H,1-2H3. The van der Waals surface area contributed by atoms with E-state index in [-0.39, 0.29) is 9.80 Å². The number of benzene rings is 2. The van der Waals surface area contributed by atoms with Crippen molar-refractivity contribution in [2.24, 2.45) is 0 Å². The topological polar surface area (TPSA) is 70.4 Å². The predicted molar refractivity (Wildman–Crippen MR) is 87.2 cm³/mol. The number of sulfone groups is 1. The number of ether oxygens (including phenoxy) is 1. The first-order chi connectivity index (χ1) is 11.0. The van der Waals surface area contributed by atoms with Gasteiger partial charge in [0.1, 0.15) is 11.8 Å². The average Bonchev–Trinajstić information content (AvgIpc) is 2.55. The SMILES string of the molecule is COc1ccc(N2C=C(C#N)S(=O)(=O)c3ccccc32)c(C)c1. The molecule has 0 amide bonds. The molecule has 0 spiro atoms. The number of para-hydroxylation sites is 1. The van der Waals surface area contributed by atoms with Gasteiger partial charge in [0, 0.05) is 11.9 Å². The fraction of sp³-hybridized carbons (Fsp3) is 0.118. The van der Waals surface area contributed by atoms with Gasteiger partial charge in [-0.3, -0.25) is 0 Å². The highest BCUT2D eigenvalue weighted by molar-refractivity contribution is 7.95. The molecule has 0 aliphatic carbocycles. The zero-order valence-corrected chi connectivity index (χ0v) is 13.5.